The molecule has 0 spiro atoms. The first kappa shape index (κ1) is 14.5. The second kappa shape index (κ2) is 7.05. The van der Waals surface area contributed by atoms with E-state index in [0.717, 1.165) is 18.5 Å². The van der Waals surface area contributed by atoms with Crippen LogP contribution < -0.4 is 10.2 Å². The van der Waals surface area contributed by atoms with Gasteiger partial charge in [0.05, 0.1) is 0 Å². The standard InChI is InChI=1S/C15H20N2O3/c1-17(12-6-3-2-4-7-12)14(18)9-10-16-15(19)13-8-5-11-20-13/h2-4,6-7,13H,5,8-11H2,1H3,(H,16,19). The maximum Gasteiger partial charge on any atom is 0.249 e. The lowest BCUT2D eigenvalue weighted by Crippen LogP contribution is -2.37. The van der Waals surface area contributed by atoms with Crippen molar-refractivity contribution in [1.82, 2.24) is 5.32 Å². The van der Waals surface area contributed by atoms with Gasteiger partial charge in [0.2, 0.25) is 11.8 Å². The van der Waals surface area contributed by atoms with Gasteiger partial charge in [-0.1, -0.05) is 18.2 Å². The van der Waals surface area contributed by atoms with Gasteiger partial charge in [0.25, 0.3) is 0 Å². The smallest absolute Gasteiger partial charge is 0.249 e. The molecule has 1 N–H and O–H groups in total. The first-order chi connectivity index (χ1) is 9.68. The predicted octanol–water partition coefficient (Wildman–Crippen LogP) is 1.33. The van der Waals surface area contributed by atoms with Gasteiger partial charge in [0.1, 0.15) is 6.10 Å². The largest absolute Gasteiger partial charge is 0.368 e. The highest BCUT2D eigenvalue weighted by Gasteiger charge is 2.23. The molecule has 1 aliphatic rings. The molecule has 1 saturated heterocycles. The normalized spacial score (nSPS) is 17.8. The molecule has 1 unspecified atom stereocenters. The minimum atomic E-state index is -0.336. The van der Waals surface area contributed by atoms with Gasteiger partial charge in [0.15, 0.2) is 0 Å². The van der Waals surface area contributed by atoms with Gasteiger partial charge in [-0.2, -0.15) is 0 Å². The molecule has 0 aliphatic carbocycles. The Bertz CT molecular complexity index is 455. The van der Waals surface area contributed by atoms with E-state index >= 15 is 0 Å². The minimum absolute atomic E-state index is 0.0242. The molecule has 0 aromatic heterocycles. The van der Waals surface area contributed by atoms with Gasteiger partial charge in [-0.3, -0.25) is 9.59 Å². The lowest BCUT2D eigenvalue weighted by molar-refractivity contribution is -0.130. The Hall–Kier alpha value is -1.88. The quantitative estimate of drug-likeness (QED) is 0.882. The van der Waals surface area contributed by atoms with Crippen LogP contribution in [0, 0.1) is 0 Å². The monoisotopic (exact) mass is 276 g/mol. The fraction of sp³-hybridized carbons (Fsp3) is 0.467. The van der Waals surface area contributed by atoms with Crippen LogP contribution >= 0.6 is 0 Å². The molecule has 20 heavy (non-hydrogen) atoms. The zero-order valence-corrected chi connectivity index (χ0v) is 11.7. The molecule has 0 bridgehead atoms. The summed E-state index contributed by atoms with van der Waals surface area (Å²) in [7, 11) is 1.74. The molecule has 5 heteroatoms. The third kappa shape index (κ3) is 3.81. The van der Waals surface area contributed by atoms with Crippen LogP contribution in [0.3, 0.4) is 0 Å². The number of anilines is 1. The van der Waals surface area contributed by atoms with Crippen LogP contribution in [0.5, 0.6) is 0 Å². The summed E-state index contributed by atoms with van der Waals surface area (Å²) in [6.07, 6.45) is 1.64. The zero-order valence-electron chi connectivity index (χ0n) is 11.7. The summed E-state index contributed by atoms with van der Waals surface area (Å²) < 4.78 is 5.28. The van der Waals surface area contributed by atoms with Crippen molar-refractivity contribution in [2.24, 2.45) is 0 Å². The van der Waals surface area contributed by atoms with Crippen molar-refractivity contribution in [1.29, 1.82) is 0 Å². The molecule has 0 saturated carbocycles. The Morgan fingerprint density at radius 2 is 2.10 bits per heavy atom. The second-order valence-electron chi connectivity index (χ2n) is 4.83. The van der Waals surface area contributed by atoms with E-state index < -0.39 is 0 Å². The number of amides is 2. The van der Waals surface area contributed by atoms with Crippen LogP contribution in [0.2, 0.25) is 0 Å². The molecule has 5 nitrogen and oxygen atoms in total. The van der Waals surface area contributed by atoms with E-state index in [4.69, 9.17) is 4.74 Å². The Morgan fingerprint density at radius 1 is 1.35 bits per heavy atom. The van der Waals surface area contributed by atoms with Crippen molar-refractivity contribution in [2.45, 2.75) is 25.4 Å². The molecule has 1 fully saturated rings. The molecular formula is C15H20N2O3. The number of ether oxygens (including phenoxy) is 1. The highest BCUT2D eigenvalue weighted by atomic mass is 16.5. The lowest BCUT2D eigenvalue weighted by Gasteiger charge is -2.17. The fourth-order valence-corrected chi connectivity index (χ4v) is 2.15. The van der Waals surface area contributed by atoms with Gasteiger partial charge in [-0.25, -0.2) is 0 Å². The summed E-state index contributed by atoms with van der Waals surface area (Å²) in [5.74, 6) is -0.137. The number of carbonyl (C=O) groups is 2. The summed E-state index contributed by atoms with van der Waals surface area (Å²) >= 11 is 0. The number of para-hydroxylation sites is 1. The van der Waals surface area contributed by atoms with Crippen molar-refractivity contribution in [3.8, 4) is 0 Å². The van der Waals surface area contributed by atoms with Gasteiger partial charge in [0, 0.05) is 32.3 Å². The van der Waals surface area contributed by atoms with Crippen molar-refractivity contribution in [2.75, 3.05) is 25.1 Å². The Balaban J connectivity index is 1.73. The fourth-order valence-electron chi connectivity index (χ4n) is 2.15. The summed E-state index contributed by atoms with van der Waals surface area (Å²) in [5, 5.41) is 2.75. The third-order valence-corrected chi connectivity index (χ3v) is 3.38. The van der Waals surface area contributed by atoms with Crippen molar-refractivity contribution < 1.29 is 14.3 Å². The summed E-state index contributed by atoms with van der Waals surface area (Å²) in [5.41, 5.74) is 0.850. The number of hydrogen-bond donors (Lipinski definition) is 1. The molecule has 1 aromatic rings. The SMILES string of the molecule is CN(C(=O)CCNC(=O)C1CCCO1)c1ccccc1. The highest BCUT2D eigenvalue weighted by Crippen LogP contribution is 2.13. The summed E-state index contributed by atoms with van der Waals surface area (Å²) in [6, 6.07) is 9.44. The van der Waals surface area contributed by atoms with E-state index in [1.807, 2.05) is 30.3 Å². The van der Waals surface area contributed by atoms with Crippen LogP contribution in [0.15, 0.2) is 30.3 Å². The first-order valence-corrected chi connectivity index (χ1v) is 6.89. The number of rotatable bonds is 5. The van der Waals surface area contributed by atoms with Gasteiger partial charge in [-0.05, 0) is 25.0 Å². The topological polar surface area (TPSA) is 58.6 Å². The minimum Gasteiger partial charge on any atom is -0.368 e. The Labute approximate surface area is 118 Å². The van der Waals surface area contributed by atoms with Crippen molar-refractivity contribution >= 4 is 17.5 Å². The van der Waals surface area contributed by atoms with Crippen LogP contribution in [0.25, 0.3) is 0 Å². The van der Waals surface area contributed by atoms with E-state index in [2.05, 4.69) is 5.32 Å². The molecule has 108 valence electrons. The Morgan fingerprint density at radius 3 is 2.75 bits per heavy atom. The molecule has 1 aliphatic heterocycles. The molecule has 1 aromatic carbocycles. The number of carbonyl (C=O) groups excluding carboxylic acids is 2. The Kier molecular flexibility index (Phi) is 5.12. The van der Waals surface area contributed by atoms with E-state index in [-0.39, 0.29) is 24.3 Å². The maximum atomic E-state index is 12.0. The number of benzene rings is 1. The van der Waals surface area contributed by atoms with Crippen molar-refractivity contribution in [3.63, 3.8) is 0 Å². The first-order valence-electron chi connectivity index (χ1n) is 6.89. The summed E-state index contributed by atoms with van der Waals surface area (Å²) in [6.45, 7) is 0.989. The molecule has 1 atom stereocenters. The number of nitrogens with zero attached hydrogens (tertiary/aromatic N) is 1. The molecule has 2 rings (SSSR count). The van der Waals surface area contributed by atoms with Gasteiger partial charge >= 0.3 is 0 Å². The molecule has 2 amide bonds. The molecule has 0 radical (unpaired) electrons. The zero-order chi connectivity index (χ0) is 14.4. The van der Waals surface area contributed by atoms with Crippen LogP contribution in [0.4, 0.5) is 5.69 Å². The number of nitrogens with one attached hydrogen (secondary N) is 1. The average Bonchev–Trinajstić information content (AvgIpc) is 3.01. The second-order valence-corrected chi connectivity index (χ2v) is 4.83. The maximum absolute atomic E-state index is 12.0. The van der Waals surface area contributed by atoms with Crippen LogP contribution in [0.1, 0.15) is 19.3 Å². The number of hydrogen-bond acceptors (Lipinski definition) is 3. The predicted molar refractivity (Wildman–Crippen MR) is 76.5 cm³/mol. The van der Waals surface area contributed by atoms with Gasteiger partial charge < -0.3 is 15.0 Å². The average molecular weight is 276 g/mol. The van der Waals surface area contributed by atoms with Crippen LogP contribution in [-0.2, 0) is 14.3 Å². The van der Waals surface area contributed by atoms with Crippen molar-refractivity contribution in [3.05, 3.63) is 30.3 Å². The van der Waals surface area contributed by atoms with Crippen LogP contribution in [-0.4, -0.2) is 38.1 Å². The van der Waals surface area contributed by atoms with Gasteiger partial charge in [-0.15, -0.1) is 0 Å². The van der Waals surface area contributed by atoms with E-state index in [1.54, 1.807) is 11.9 Å². The van der Waals surface area contributed by atoms with E-state index in [0.29, 0.717) is 13.2 Å². The highest BCUT2D eigenvalue weighted by molar-refractivity contribution is 5.93. The summed E-state index contributed by atoms with van der Waals surface area (Å²) in [4.78, 5) is 25.3. The third-order valence-electron chi connectivity index (χ3n) is 3.38. The van der Waals surface area contributed by atoms with E-state index in [9.17, 15) is 9.59 Å². The molecular weight excluding hydrogens is 256 g/mol. The lowest BCUT2D eigenvalue weighted by atomic mass is 10.2. The molecule has 1 heterocycles. The van der Waals surface area contributed by atoms with E-state index in [1.165, 1.54) is 0 Å².